The monoisotopic (exact) mass is 246 g/mol. The molecule has 0 radical (unpaired) electrons. The van der Waals surface area contributed by atoms with Gasteiger partial charge in [-0.1, -0.05) is 18.0 Å². The summed E-state index contributed by atoms with van der Waals surface area (Å²) in [5, 5.41) is 15.0. The van der Waals surface area contributed by atoms with Gasteiger partial charge in [0.1, 0.15) is 5.15 Å². The molecule has 1 aliphatic carbocycles. The van der Waals surface area contributed by atoms with Crippen LogP contribution in [0, 0.1) is 5.41 Å². The highest BCUT2D eigenvalue weighted by Gasteiger charge is 2.44. The number of nitrogens with zero attached hydrogens (tertiary/aromatic N) is 1. The summed E-state index contributed by atoms with van der Waals surface area (Å²) in [6.45, 7) is 0.437. The summed E-state index contributed by atoms with van der Waals surface area (Å²) < 4.78 is 0. The van der Waals surface area contributed by atoms with Crippen molar-refractivity contribution in [3.8, 4) is 0 Å². The average molecular weight is 247 g/mol. The van der Waals surface area contributed by atoms with Crippen molar-refractivity contribution in [3.05, 3.63) is 10.5 Å². The summed E-state index contributed by atoms with van der Waals surface area (Å²) in [4.78, 5) is 15.1. The summed E-state index contributed by atoms with van der Waals surface area (Å²) in [5.41, 5.74) is -0.585. The summed E-state index contributed by atoms with van der Waals surface area (Å²) in [7, 11) is 0. The van der Waals surface area contributed by atoms with Crippen molar-refractivity contribution in [1.29, 1.82) is 0 Å². The zero-order chi connectivity index (χ0) is 10.9. The molecule has 1 saturated carbocycles. The first-order valence-corrected chi connectivity index (χ1v) is 5.96. The molecule has 15 heavy (non-hydrogen) atoms. The van der Waals surface area contributed by atoms with E-state index in [9.17, 15) is 4.79 Å². The van der Waals surface area contributed by atoms with Crippen molar-refractivity contribution in [2.45, 2.75) is 19.3 Å². The van der Waals surface area contributed by atoms with E-state index in [1.165, 1.54) is 11.3 Å². The van der Waals surface area contributed by atoms with Crippen molar-refractivity contribution in [3.63, 3.8) is 0 Å². The van der Waals surface area contributed by atoms with Gasteiger partial charge in [-0.3, -0.25) is 4.79 Å². The first-order valence-electron chi connectivity index (χ1n) is 4.71. The number of aromatic nitrogens is 1. The van der Waals surface area contributed by atoms with E-state index in [2.05, 4.69) is 10.3 Å². The molecule has 2 N–H and O–H groups in total. The Kier molecular flexibility index (Phi) is 2.84. The van der Waals surface area contributed by atoms with E-state index in [1.54, 1.807) is 5.38 Å². The maximum Gasteiger partial charge on any atom is 0.311 e. The number of halogens is 1. The lowest BCUT2D eigenvalue weighted by Crippen LogP contribution is -2.43. The molecule has 82 valence electrons. The Balaban J connectivity index is 1.95. The number of nitrogens with one attached hydrogen (secondary N) is 1. The molecule has 0 aromatic carbocycles. The van der Waals surface area contributed by atoms with E-state index in [4.69, 9.17) is 16.7 Å². The van der Waals surface area contributed by atoms with Gasteiger partial charge in [0.15, 0.2) is 5.13 Å². The van der Waals surface area contributed by atoms with Gasteiger partial charge in [0.2, 0.25) is 0 Å². The van der Waals surface area contributed by atoms with Gasteiger partial charge < -0.3 is 10.4 Å². The van der Waals surface area contributed by atoms with Crippen LogP contribution >= 0.6 is 22.9 Å². The van der Waals surface area contributed by atoms with E-state index in [-0.39, 0.29) is 0 Å². The lowest BCUT2D eigenvalue weighted by Gasteiger charge is -2.37. The van der Waals surface area contributed by atoms with Gasteiger partial charge in [0, 0.05) is 11.9 Å². The molecule has 0 bridgehead atoms. The molecular weight excluding hydrogens is 236 g/mol. The van der Waals surface area contributed by atoms with Crippen LogP contribution in [-0.4, -0.2) is 22.6 Å². The van der Waals surface area contributed by atoms with E-state index in [0.29, 0.717) is 16.8 Å². The minimum Gasteiger partial charge on any atom is -0.481 e. The molecule has 0 spiro atoms. The number of carboxylic acid groups (broad SMARTS) is 1. The molecule has 1 heterocycles. The van der Waals surface area contributed by atoms with Crippen LogP contribution in [0.5, 0.6) is 0 Å². The highest BCUT2D eigenvalue weighted by molar-refractivity contribution is 7.14. The molecule has 4 nitrogen and oxygen atoms in total. The number of hydrogen-bond acceptors (Lipinski definition) is 4. The Morgan fingerprint density at radius 3 is 2.87 bits per heavy atom. The molecule has 1 aliphatic rings. The van der Waals surface area contributed by atoms with Crippen LogP contribution < -0.4 is 5.32 Å². The van der Waals surface area contributed by atoms with Crippen molar-refractivity contribution in [2.24, 2.45) is 5.41 Å². The molecule has 0 atom stereocenters. The van der Waals surface area contributed by atoms with Crippen LogP contribution in [-0.2, 0) is 4.79 Å². The average Bonchev–Trinajstić information content (AvgIpc) is 2.49. The van der Waals surface area contributed by atoms with E-state index in [0.717, 1.165) is 19.3 Å². The number of carboxylic acids is 1. The van der Waals surface area contributed by atoms with E-state index < -0.39 is 11.4 Å². The highest BCUT2D eigenvalue weighted by Crippen LogP contribution is 2.41. The third-order valence-electron chi connectivity index (χ3n) is 2.82. The van der Waals surface area contributed by atoms with Gasteiger partial charge in [0.05, 0.1) is 5.41 Å². The third kappa shape index (κ3) is 2.08. The Bertz CT molecular complexity index is 376. The Morgan fingerprint density at radius 1 is 1.73 bits per heavy atom. The molecule has 2 rings (SSSR count). The van der Waals surface area contributed by atoms with Crippen molar-refractivity contribution in [2.75, 3.05) is 11.9 Å². The zero-order valence-electron chi connectivity index (χ0n) is 7.99. The van der Waals surface area contributed by atoms with Crippen molar-refractivity contribution < 1.29 is 9.90 Å². The number of aliphatic carboxylic acids is 1. The molecule has 1 aromatic rings. The molecule has 0 aliphatic heterocycles. The standard InChI is InChI=1S/C9H11ClN2O2S/c10-6-4-15-8(12-6)11-5-9(7(13)14)2-1-3-9/h4H,1-3,5H2,(H,11,12)(H,13,14). The Labute approximate surface area is 96.3 Å². The molecule has 1 aromatic heterocycles. The number of rotatable bonds is 4. The minimum atomic E-state index is -0.719. The molecule has 0 amide bonds. The fraction of sp³-hybridized carbons (Fsp3) is 0.556. The molecule has 0 unspecified atom stereocenters. The summed E-state index contributed by atoms with van der Waals surface area (Å²) in [6.07, 6.45) is 2.48. The third-order valence-corrected chi connectivity index (χ3v) is 3.94. The Morgan fingerprint density at radius 2 is 2.47 bits per heavy atom. The van der Waals surface area contributed by atoms with Gasteiger partial charge in [-0.25, -0.2) is 4.98 Å². The second-order valence-electron chi connectivity index (χ2n) is 3.77. The van der Waals surface area contributed by atoms with Crippen LogP contribution in [0.1, 0.15) is 19.3 Å². The van der Waals surface area contributed by atoms with Gasteiger partial charge in [-0.15, -0.1) is 11.3 Å². The fourth-order valence-electron chi connectivity index (χ4n) is 1.65. The van der Waals surface area contributed by atoms with Crippen LogP contribution in [0.3, 0.4) is 0 Å². The van der Waals surface area contributed by atoms with Gasteiger partial charge in [-0.2, -0.15) is 0 Å². The summed E-state index contributed by atoms with van der Waals surface area (Å²) in [5.74, 6) is -0.719. The second-order valence-corrected chi connectivity index (χ2v) is 5.01. The van der Waals surface area contributed by atoms with Gasteiger partial charge >= 0.3 is 5.97 Å². The molecular formula is C9H11ClN2O2S. The summed E-state index contributed by atoms with van der Waals surface area (Å²) >= 11 is 7.05. The maximum atomic E-state index is 11.0. The molecule has 1 fully saturated rings. The van der Waals surface area contributed by atoms with Crippen LogP contribution in [0.2, 0.25) is 5.15 Å². The predicted molar refractivity (Wildman–Crippen MR) is 59.5 cm³/mol. The first-order chi connectivity index (χ1) is 7.12. The van der Waals surface area contributed by atoms with Crippen LogP contribution in [0.25, 0.3) is 0 Å². The van der Waals surface area contributed by atoms with E-state index >= 15 is 0 Å². The minimum absolute atomic E-state index is 0.437. The normalized spacial score (nSPS) is 18.2. The predicted octanol–water partition coefficient (Wildman–Crippen LogP) is 2.46. The number of carbonyl (C=O) groups is 1. The summed E-state index contributed by atoms with van der Waals surface area (Å²) in [6, 6.07) is 0. The number of hydrogen-bond donors (Lipinski definition) is 2. The maximum absolute atomic E-state index is 11.0. The highest BCUT2D eigenvalue weighted by atomic mass is 35.5. The smallest absolute Gasteiger partial charge is 0.311 e. The van der Waals surface area contributed by atoms with Crippen LogP contribution in [0.15, 0.2) is 5.38 Å². The topological polar surface area (TPSA) is 62.2 Å². The van der Waals surface area contributed by atoms with Crippen LogP contribution in [0.4, 0.5) is 5.13 Å². The first kappa shape index (κ1) is 10.7. The lowest BCUT2D eigenvalue weighted by atomic mass is 9.69. The van der Waals surface area contributed by atoms with Crippen molar-refractivity contribution in [1.82, 2.24) is 4.98 Å². The SMILES string of the molecule is O=C(O)C1(CNc2nc(Cl)cs2)CCC1. The van der Waals surface area contributed by atoms with Crippen molar-refractivity contribution >= 4 is 34.0 Å². The number of thiazole rings is 1. The molecule has 0 saturated heterocycles. The second kappa shape index (κ2) is 3.98. The molecule has 6 heteroatoms. The van der Waals surface area contributed by atoms with E-state index in [1.807, 2.05) is 0 Å². The fourth-order valence-corrected chi connectivity index (χ4v) is 2.49. The zero-order valence-corrected chi connectivity index (χ0v) is 9.57. The quantitative estimate of drug-likeness (QED) is 0.857. The Hall–Kier alpha value is -0.810. The van der Waals surface area contributed by atoms with Gasteiger partial charge in [0.25, 0.3) is 0 Å². The largest absolute Gasteiger partial charge is 0.481 e. The lowest BCUT2D eigenvalue weighted by molar-refractivity contribution is -0.153. The number of anilines is 1. The van der Waals surface area contributed by atoms with Gasteiger partial charge in [-0.05, 0) is 12.8 Å².